The second-order valence-electron chi connectivity index (χ2n) is 8.74. The summed E-state index contributed by atoms with van der Waals surface area (Å²) in [5, 5.41) is 15.8. The standard InChI is InChI=1S/C23H27N3O2/c1-22(2)13-18(14-23(3,4)26-22)25-21(27)17-8-10-19(11-9-17)28-20-7-5-6-16(12-20)15-24/h5-12,18,26H,13-14H2,1-4H3,(H,25,27). The van der Waals surface area contributed by atoms with E-state index < -0.39 is 0 Å². The highest BCUT2D eigenvalue weighted by Gasteiger charge is 2.38. The number of piperidine rings is 1. The number of carbonyl (C=O) groups excluding carboxylic acids is 1. The fraction of sp³-hybridized carbons (Fsp3) is 0.391. The molecule has 0 aliphatic carbocycles. The summed E-state index contributed by atoms with van der Waals surface area (Å²) >= 11 is 0. The molecular formula is C23H27N3O2. The number of nitrogens with zero attached hydrogens (tertiary/aromatic N) is 1. The molecule has 3 rings (SSSR count). The van der Waals surface area contributed by atoms with Crippen molar-refractivity contribution < 1.29 is 9.53 Å². The molecule has 0 spiro atoms. The molecule has 0 atom stereocenters. The Bertz CT molecular complexity index is 879. The maximum Gasteiger partial charge on any atom is 0.251 e. The molecule has 28 heavy (non-hydrogen) atoms. The van der Waals surface area contributed by atoms with Gasteiger partial charge in [-0.15, -0.1) is 0 Å². The lowest BCUT2D eigenvalue weighted by molar-refractivity contribution is 0.0873. The Labute approximate surface area is 166 Å². The van der Waals surface area contributed by atoms with Crippen LogP contribution in [0.15, 0.2) is 48.5 Å². The van der Waals surface area contributed by atoms with E-state index >= 15 is 0 Å². The normalized spacial score (nSPS) is 18.1. The predicted molar refractivity (Wildman–Crippen MR) is 109 cm³/mol. The molecule has 5 heteroatoms. The van der Waals surface area contributed by atoms with Gasteiger partial charge in [0.1, 0.15) is 11.5 Å². The van der Waals surface area contributed by atoms with E-state index in [1.807, 2.05) is 0 Å². The molecule has 2 aromatic carbocycles. The Morgan fingerprint density at radius 1 is 1.07 bits per heavy atom. The van der Waals surface area contributed by atoms with Crippen LogP contribution in [0.4, 0.5) is 0 Å². The van der Waals surface area contributed by atoms with Gasteiger partial charge in [0.2, 0.25) is 0 Å². The second-order valence-corrected chi connectivity index (χ2v) is 8.74. The lowest BCUT2D eigenvalue weighted by Gasteiger charge is -2.46. The highest BCUT2D eigenvalue weighted by atomic mass is 16.5. The third-order valence-corrected chi connectivity index (χ3v) is 4.84. The molecule has 0 bridgehead atoms. The number of ether oxygens (including phenoxy) is 1. The molecule has 1 fully saturated rings. The number of hydrogen-bond donors (Lipinski definition) is 2. The first-order valence-electron chi connectivity index (χ1n) is 9.54. The minimum atomic E-state index is -0.0727. The van der Waals surface area contributed by atoms with Gasteiger partial charge in [-0.05, 0) is 83.0 Å². The second kappa shape index (κ2) is 7.65. The van der Waals surface area contributed by atoms with Crippen molar-refractivity contribution in [1.29, 1.82) is 5.26 Å². The summed E-state index contributed by atoms with van der Waals surface area (Å²) in [6.45, 7) is 8.67. The van der Waals surface area contributed by atoms with Gasteiger partial charge in [-0.25, -0.2) is 0 Å². The van der Waals surface area contributed by atoms with Gasteiger partial charge in [-0.3, -0.25) is 4.79 Å². The average molecular weight is 377 g/mol. The van der Waals surface area contributed by atoms with E-state index in [1.165, 1.54) is 0 Å². The molecule has 0 aromatic heterocycles. The highest BCUT2D eigenvalue weighted by Crippen LogP contribution is 2.29. The zero-order valence-corrected chi connectivity index (χ0v) is 16.9. The molecule has 2 aromatic rings. The van der Waals surface area contributed by atoms with Gasteiger partial charge in [0.05, 0.1) is 11.6 Å². The summed E-state index contributed by atoms with van der Waals surface area (Å²) in [5.41, 5.74) is 1.11. The van der Waals surface area contributed by atoms with Crippen molar-refractivity contribution in [3.8, 4) is 17.6 Å². The number of rotatable bonds is 4. The van der Waals surface area contributed by atoms with Crippen LogP contribution >= 0.6 is 0 Å². The van der Waals surface area contributed by atoms with Crippen LogP contribution in [0, 0.1) is 11.3 Å². The van der Waals surface area contributed by atoms with E-state index in [-0.39, 0.29) is 23.0 Å². The van der Waals surface area contributed by atoms with Gasteiger partial charge < -0.3 is 15.4 Å². The molecule has 5 nitrogen and oxygen atoms in total. The number of hydrogen-bond acceptors (Lipinski definition) is 4. The van der Waals surface area contributed by atoms with Gasteiger partial charge in [-0.2, -0.15) is 5.26 Å². The van der Waals surface area contributed by atoms with E-state index in [4.69, 9.17) is 10.00 Å². The van der Waals surface area contributed by atoms with Crippen LogP contribution in [0.2, 0.25) is 0 Å². The fourth-order valence-electron chi connectivity index (χ4n) is 4.13. The van der Waals surface area contributed by atoms with Crippen LogP contribution in [-0.2, 0) is 0 Å². The van der Waals surface area contributed by atoms with Crippen LogP contribution in [0.1, 0.15) is 56.5 Å². The van der Waals surface area contributed by atoms with Crippen molar-refractivity contribution >= 4 is 5.91 Å². The summed E-state index contributed by atoms with van der Waals surface area (Å²) < 4.78 is 5.77. The molecule has 0 radical (unpaired) electrons. The van der Waals surface area contributed by atoms with Crippen molar-refractivity contribution in [3.05, 3.63) is 59.7 Å². The van der Waals surface area contributed by atoms with E-state index in [9.17, 15) is 4.79 Å². The SMILES string of the molecule is CC1(C)CC(NC(=O)c2ccc(Oc3cccc(C#N)c3)cc2)CC(C)(C)N1. The lowest BCUT2D eigenvalue weighted by Crippen LogP contribution is -2.62. The minimum Gasteiger partial charge on any atom is -0.457 e. The number of benzene rings is 2. The van der Waals surface area contributed by atoms with Gasteiger partial charge in [0.25, 0.3) is 5.91 Å². The summed E-state index contributed by atoms with van der Waals surface area (Å²) in [7, 11) is 0. The van der Waals surface area contributed by atoms with Crippen molar-refractivity contribution in [2.75, 3.05) is 0 Å². The predicted octanol–water partition coefficient (Wildman–Crippen LogP) is 4.39. The third-order valence-electron chi connectivity index (χ3n) is 4.84. The molecule has 1 aliphatic heterocycles. The number of carbonyl (C=O) groups is 1. The van der Waals surface area contributed by atoms with Gasteiger partial charge in [-0.1, -0.05) is 6.07 Å². The van der Waals surface area contributed by atoms with Crippen LogP contribution in [0.5, 0.6) is 11.5 Å². The first kappa shape index (κ1) is 19.9. The fourth-order valence-corrected chi connectivity index (χ4v) is 4.13. The monoisotopic (exact) mass is 377 g/mol. The van der Waals surface area contributed by atoms with Crippen LogP contribution in [-0.4, -0.2) is 23.0 Å². The molecular weight excluding hydrogens is 350 g/mol. The number of amides is 1. The summed E-state index contributed by atoms with van der Waals surface area (Å²) in [6.07, 6.45) is 1.77. The Morgan fingerprint density at radius 2 is 1.71 bits per heavy atom. The van der Waals surface area contributed by atoms with Crippen molar-refractivity contribution in [2.45, 2.75) is 57.7 Å². The van der Waals surface area contributed by atoms with Crippen LogP contribution < -0.4 is 15.4 Å². The molecule has 146 valence electrons. The summed E-state index contributed by atoms with van der Waals surface area (Å²) in [5.74, 6) is 1.14. The zero-order chi connectivity index (χ0) is 20.4. The maximum absolute atomic E-state index is 12.7. The topological polar surface area (TPSA) is 74.1 Å². The first-order valence-corrected chi connectivity index (χ1v) is 9.54. The molecule has 1 aliphatic rings. The maximum atomic E-state index is 12.7. The molecule has 2 N–H and O–H groups in total. The highest BCUT2D eigenvalue weighted by molar-refractivity contribution is 5.94. The summed E-state index contributed by atoms with van der Waals surface area (Å²) in [4.78, 5) is 12.7. The molecule has 0 unspecified atom stereocenters. The van der Waals surface area contributed by atoms with Crippen LogP contribution in [0.25, 0.3) is 0 Å². The van der Waals surface area contributed by atoms with Gasteiger partial charge in [0, 0.05) is 22.7 Å². The number of nitriles is 1. The van der Waals surface area contributed by atoms with Crippen LogP contribution in [0.3, 0.4) is 0 Å². The Hall–Kier alpha value is -2.84. The minimum absolute atomic E-state index is 0.0185. The van der Waals surface area contributed by atoms with E-state index in [0.29, 0.717) is 22.6 Å². The van der Waals surface area contributed by atoms with Crippen molar-refractivity contribution in [2.24, 2.45) is 0 Å². The molecule has 1 saturated heterocycles. The number of nitrogens with one attached hydrogen (secondary N) is 2. The van der Waals surface area contributed by atoms with Crippen molar-refractivity contribution in [1.82, 2.24) is 10.6 Å². The Balaban J connectivity index is 1.64. The average Bonchev–Trinajstić information content (AvgIpc) is 2.59. The lowest BCUT2D eigenvalue weighted by atomic mass is 9.79. The zero-order valence-electron chi connectivity index (χ0n) is 16.9. The molecule has 0 saturated carbocycles. The largest absolute Gasteiger partial charge is 0.457 e. The van der Waals surface area contributed by atoms with E-state index in [0.717, 1.165) is 12.8 Å². The molecule has 1 amide bonds. The smallest absolute Gasteiger partial charge is 0.251 e. The Kier molecular flexibility index (Phi) is 5.44. The molecule has 1 heterocycles. The van der Waals surface area contributed by atoms with E-state index in [1.54, 1.807) is 48.5 Å². The van der Waals surface area contributed by atoms with E-state index in [2.05, 4.69) is 44.4 Å². The quantitative estimate of drug-likeness (QED) is 0.829. The first-order chi connectivity index (χ1) is 13.2. The third kappa shape index (κ3) is 5.11. The van der Waals surface area contributed by atoms with Gasteiger partial charge in [0.15, 0.2) is 0 Å². The summed E-state index contributed by atoms with van der Waals surface area (Å²) in [6, 6.07) is 16.3. The van der Waals surface area contributed by atoms with Crippen molar-refractivity contribution in [3.63, 3.8) is 0 Å². The Morgan fingerprint density at radius 3 is 2.32 bits per heavy atom. The van der Waals surface area contributed by atoms with Gasteiger partial charge >= 0.3 is 0 Å².